The van der Waals surface area contributed by atoms with Gasteiger partial charge in [-0.15, -0.1) is 0 Å². The molecule has 0 aliphatic heterocycles. The molecule has 102 valence electrons. The van der Waals surface area contributed by atoms with Gasteiger partial charge in [0.25, 0.3) is 6.01 Å². The molecule has 1 heterocycles. The third kappa shape index (κ3) is 2.63. The SMILES string of the molecule is COc1nc2c(CSC)cc(Br)cc2n1CC1CC1. The molecule has 1 aliphatic carbocycles. The molecule has 0 radical (unpaired) electrons. The Morgan fingerprint density at radius 3 is 2.89 bits per heavy atom. The predicted molar refractivity (Wildman–Crippen MR) is 83.9 cm³/mol. The number of rotatable bonds is 5. The summed E-state index contributed by atoms with van der Waals surface area (Å²) in [4.78, 5) is 4.68. The minimum absolute atomic E-state index is 0.738. The number of thioether (sulfide) groups is 1. The topological polar surface area (TPSA) is 27.1 Å². The first kappa shape index (κ1) is 13.3. The average molecular weight is 341 g/mol. The Morgan fingerprint density at radius 2 is 2.26 bits per heavy atom. The van der Waals surface area contributed by atoms with E-state index in [1.54, 1.807) is 7.11 Å². The quantitative estimate of drug-likeness (QED) is 0.820. The van der Waals surface area contributed by atoms with Gasteiger partial charge in [0, 0.05) is 16.8 Å². The Bertz CT molecular complexity index is 607. The van der Waals surface area contributed by atoms with E-state index >= 15 is 0 Å². The second kappa shape index (κ2) is 5.37. The van der Waals surface area contributed by atoms with Crippen LogP contribution in [0.4, 0.5) is 0 Å². The molecule has 1 saturated carbocycles. The number of hydrogen-bond donors (Lipinski definition) is 0. The van der Waals surface area contributed by atoms with Gasteiger partial charge in [-0.3, -0.25) is 4.57 Å². The fourth-order valence-corrected chi connectivity index (χ4v) is 3.41. The lowest BCUT2D eigenvalue weighted by Crippen LogP contribution is -2.02. The Morgan fingerprint density at radius 1 is 1.47 bits per heavy atom. The minimum atomic E-state index is 0.738. The van der Waals surface area contributed by atoms with Gasteiger partial charge >= 0.3 is 0 Å². The highest BCUT2D eigenvalue weighted by Crippen LogP contribution is 2.35. The zero-order valence-corrected chi connectivity index (χ0v) is 13.6. The number of imidazole rings is 1. The fourth-order valence-electron chi connectivity index (χ4n) is 2.39. The Labute approximate surface area is 125 Å². The van der Waals surface area contributed by atoms with Crippen molar-refractivity contribution >= 4 is 38.7 Å². The van der Waals surface area contributed by atoms with E-state index in [1.807, 2.05) is 11.8 Å². The lowest BCUT2D eigenvalue weighted by atomic mass is 10.2. The Kier molecular flexibility index (Phi) is 3.76. The monoisotopic (exact) mass is 340 g/mol. The van der Waals surface area contributed by atoms with Crippen molar-refractivity contribution in [1.29, 1.82) is 0 Å². The van der Waals surface area contributed by atoms with Gasteiger partial charge in [0.1, 0.15) is 0 Å². The first-order chi connectivity index (χ1) is 9.22. The second-order valence-corrected chi connectivity index (χ2v) is 6.80. The maximum absolute atomic E-state index is 5.46. The number of halogens is 1. The van der Waals surface area contributed by atoms with Crippen LogP contribution in [0.5, 0.6) is 6.01 Å². The van der Waals surface area contributed by atoms with E-state index in [0.717, 1.165) is 34.2 Å². The number of methoxy groups -OCH3 is 1. The van der Waals surface area contributed by atoms with Crippen LogP contribution in [-0.4, -0.2) is 22.9 Å². The van der Waals surface area contributed by atoms with Crippen LogP contribution in [-0.2, 0) is 12.3 Å². The molecule has 0 amide bonds. The second-order valence-electron chi connectivity index (χ2n) is 5.02. The summed E-state index contributed by atoms with van der Waals surface area (Å²) in [6, 6.07) is 5.05. The van der Waals surface area contributed by atoms with Crippen LogP contribution < -0.4 is 4.74 Å². The molecule has 1 aromatic carbocycles. The third-order valence-electron chi connectivity index (χ3n) is 3.48. The van der Waals surface area contributed by atoms with Crippen molar-refractivity contribution in [2.24, 2.45) is 5.92 Å². The van der Waals surface area contributed by atoms with E-state index in [1.165, 1.54) is 23.9 Å². The first-order valence-corrected chi connectivity index (χ1v) is 8.63. The van der Waals surface area contributed by atoms with Gasteiger partial charge in [0.05, 0.1) is 18.1 Å². The number of nitrogens with zero attached hydrogens (tertiary/aromatic N) is 2. The summed E-state index contributed by atoms with van der Waals surface area (Å²) in [6.07, 6.45) is 4.77. The maximum Gasteiger partial charge on any atom is 0.297 e. The van der Waals surface area contributed by atoms with E-state index in [4.69, 9.17) is 4.74 Å². The average Bonchev–Trinajstić information content (AvgIpc) is 3.13. The van der Waals surface area contributed by atoms with Gasteiger partial charge in [-0.2, -0.15) is 16.7 Å². The number of fused-ring (bicyclic) bond motifs is 1. The molecule has 1 aliphatic rings. The van der Waals surface area contributed by atoms with Gasteiger partial charge in [-0.25, -0.2) is 0 Å². The summed E-state index contributed by atoms with van der Waals surface area (Å²) in [5.41, 5.74) is 3.53. The largest absolute Gasteiger partial charge is 0.468 e. The molecule has 5 heteroatoms. The summed E-state index contributed by atoms with van der Waals surface area (Å²) >= 11 is 5.43. The van der Waals surface area contributed by atoms with Crippen molar-refractivity contribution in [3.8, 4) is 6.01 Å². The number of ether oxygens (including phenoxy) is 1. The molecule has 2 aromatic rings. The molecule has 0 bridgehead atoms. The van der Waals surface area contributed by atoms with Crippen molar-refractivity contribution in [2.75, 3.05) is 13.4 Å². The maximum atomic E-state index is 5.46. The summed E-state index contributed by atoms with van der Waals surface area (Å²) in [7, 11) is 1.70. The zero-order valence-electron chi connectivity index (χ0n) is 11.1. The van der Waals surface area contributed by atoms with Gasteiger partial charge in [0.15, 0.2) is 0 Å². The summed E-state index contributed by atoms with van der Waals surface area (Å²) in [6.45, 7) is 1.02. The molecule has 3 nitrogen and oxygen atoms in total. The van der Waals surface area contributed by atoms with Crippen LogP contribution >= 0.6 is 27.7 Å². The Balaban J connectivity index is 2.15. The molecular formula is C14H17BrN2OS. The summed E-state index contributed by atoms with van der Waals surface area (Å²) < 4.78 is 8.80. The Hall–Kier alpha value is -0.680. The molecule has 0 spiro atoms. The van der Waals surface area contributed by atoms with Crippen LogP contribution in [0, 0.1) is 5.92 Å². The normalized spacial score (nSPS) is 15.1. The van der Waals surface area contributed by atoms with Crippen molar-refractivity contribution in [2.45, 2.75) is 25.1 Å². The summed E-state index contributed by atoms with van der Waals surface area (Å²) in [5.74, 6) is 1.77. The van der Waals surface area contributed by atoms with Gasteiger partial charge in [-0.1, -0.05) is 15.9 Å². The van der Waals surface area contributed by atoms with E-state index in [0.29, 0.717) is 0 Å². The number of benzene rings is 1. The van der Waals surface area contributed by atoms with Crippen LogP contribution in [0.15, 0.2) is 16.6 Å². The van der Waals surface area contributed by atoms with Crippen LogP contribution in [0.3, 0.4) is 0 Å². The number of hydrogen-bond acceptors (Lipinski definition) is 3. The van der Waals surface area contributed by atoms with Gasteiger partial charge in [-0.05, 0) is 42.7 Å². The molecular weight excluding hydrogens is 324 g/mol. The minimum Gasteiger partial charge on any atom is -0.468 e. The van der Waals surface area contributed by atoms with Gasteiger partial charge < -0.3 is 4.74 Å². The molecule has 3 rings (SSSR count). The lowest BCUT2D eigenvalue weighted by molar-refractivity contribution is 0.356. The summed E-state index contributed by atoms with van der Waals surface area (Å²) in [5, 5.41) is 0. The van der Waals surface area contributed by atoms with Crippen LogP contribution in [0.1, 0.15) is 18.4 Å². The zero-order chi connectivity index (χ0) is 13.4. The van der Waals surface area contributed by atoms with Crippen molar-refractivity contribution < 1.29 is 4.74 Å². The molecule has 1 fully saturated rings. The molecule has 19 heavy (non-hydrogen) atoms. The van der Waals surface area contributed by atoms with Crippen LogP contribution in [0.25, 0.3) is 11.0 Å². The fraction of sp³-hybridized carbons (Fsp3) is 0.500. The van der Waals surface area contributed by atoms with E-state index in [-0.39, 0.29) is 0 Å². The van der Waals surface area contributed by atoms with E-state index in [9.17, 15) is 0 Å². The van der Waals surface area contributed by atoms with Crippen molar-refractivity contribution in [1.82, 2.24) is 9.55 Å². The van der Waals surface area contributed by atoms with Crippen molar-refractivity contribution in [3.05, 3.63) is 22.2 Å². The molecule has 0 saturated heterocycles. The highest BCUT2D eigenvalue weighted by Gasteiger charge is 2.25. The molecule has 0 N–H and O–H groups in total. The molecule has 0 atom stereocenters. The predicted octanol–water partition coefficient (Wildman–Crippen LogP) is 4.08. The first-order valence-electron chi connectivity index (χ1n) is 6.44. The highest BCUT2D eigenvalue weighted by molar-refractivity contribution is 9.10. The van der Waals surface area contributed by atoms with Crippen LogP contribution in [0.2, 0.25) is 0 Å². The smallest absolute Gasteiger partial charge is 0.297 e. The molecule has 0 unspecified atom stereocenters. The van der Waals surface area contributed by atoms with Crippen molar-refractivity contribution in [3.63, 3.8) is 0 Å². The standard InChI is InChI=1S/C14H17BrN2OS/c1-18-14-16-13-10(8-19-2)5-11(15)6-12(13)17(14)7-9-3-4-9/h5-6,9H,3-4,7-8H2,1-2H3. The third-order valence-corrected chi connectivity index (χ3v) is 4.54. The van der Waals surface area contributed by atoms with E-state index < -0.39 is 0 Å². The lowest BCUT2D eigenvalue weighted by Gasteiger charge is -2.07. The number of aromatic nitrogens is 2. The highest BCUT2D eigenvalue weighted by atomic mass is 79.9. The van der Waals surface area contributed by atoms with E-state index in [2.05, 4.69) is 43.9 Å². The molecule has 1 aromatic heterocycles. The van der Waals surface area contributed by atoms with Gasteiger partial charge in [0.2, 0.25) is 0 Å².